The van der Waals surface area contributed by atoms with Crippen molar-refractivity contribution in [3.05, 3.63) is 0 Å². The van der Waals surface area contributed by atoms with Gasteiger partial charge in [0.1, 0.15) is 5.84 Å². The summed E-state index contributed by atoms with van der Waals surface area (Å²) in [6.07, 6.45) is 4.91. The van der Waals surface area contributed by atoms with Gasteiger partial charge in [-0.05, 0) is 31.1 Å². The van der Waals surface area contributed by atoms with E-state index in [0.29, 0.717) is 18.3 Å². The lowest BCUT2D eigenvalue weighted by Crippen LogP contribution is -2.39. The summed E-state index contributed by atoms with van der Waals surface area (Å²) in [4.78, 5) is 12.0. The number of carbonyl (C=O) groups is 1. The zero-order valence-electron chi connectivity index (χ0n) is 10.2. The van der Waals surface area contributed by atoms with Crippen molar-refractivity contribution >= 4 is 11.7 Å². The van der Waals surface area contributed by atoms with Gasteiger partial charge in [0.2, 0.25) is 5.91 Å². The highest BCUT2D eigenvalue weighted by Gasteiger charge is 2.56. The predicted molar refractivity (Wildman–Crippen MR) is 64.6 cm³/mol. The first-order chi connectivity index (χ1) is 8.17. The SMILES string of the molecule is CCC(CC(N)=NO)NC(=O)C1C2CCCC21. The van der Waals surface area contributed by atoms with Gasteiger partial charge in [-0.1, -0.05) is 18.5 Å². The van der Waals surface area contributed by atoms with E-state index in [4.69, 9.17) is 10.9 Å². The molecular weight excluding hydrogens is 218 g/mol. The van der Waals surface area contributed by atoms with E-state index >= 15 is 0 Å². The Bertz CT molecular complexity index is 320. The normalized spacial score (nSPS) is 33.0. The van der Waals surface area contributed by atoms with Crippen LogP contribution in [0.25, 0.3) is 0 Å². The number of fused-ring (bicyclic) bond motifs is 1. The summed E-state index contributed by atoms with van der Waals surface area (Å²) >= 11 is 0. The molecule has 17 heavy (non-hydrogen) atoms. The van der Waals surface area contributed by atoms with Crippen molar-refractivity contribution in [2.24, 2.45) is 28.6 Å². The number of nitrogens with two attached hydrogens (primary N) is 1. The molecule has 0 aromatic carbocycles. The maximum Gasteiger partial charge on any atom is 0.223 e. The fraction of sp³-hybridized carbons (Fsp3) is 0.833. The van der Waals surface area contributed by atoms with E-state index in [-0.39, 0.29) is 23.7 Å². The molecule has 0 saturated heterocycles. The lowest BCUT2D eigenvalue weighted by molar-refractivity contribution is -0.123. The van der Waals surface area contributed by atoms with Gasteiger partial charge in [0, 0.05) is 18.4 Å². The summed E-state index contributed by atoms with van der Waals surface area (Å²) < 4.78 is 0. The van der Waals surface area contributed by atoms with Crippen molar-refractivity contribution in [1.29, 1.82) is 0 Å². The van der Waals surface area contributed by atoms with E-state index in [2.05, 4.69) is 10.5 Å². The van der Waals surface area contributed by atoms with Gasteiger partial charge in [-0.3, -0.25) is 4.79 Å². The molecule has 4 N–H and O–H groups in total. The van der Waals surface area contributed by atoms with E-state index < -0.39 is 0 Å². The monoisotopic (exact) mass is 239 g/mol. The smallest absolute Gasteiger partial charge is 0.223 e. The van der Waals surface area contributed by atoms with Crippen molar-refractivity contribution in [3.8, 4) is 0 Å². The molecule has 0 aromatic rings. The van der Waals surface area contributed by atoms with Gasteiger partial charge in [-0.15, -0.1) is 0 Å². The van der Waals surface area contributed by atoms with Crippen molar-refractivity contribution in [3.63, 3.8) is 0 Å². The van der Waals surface area contributed by atoms with Gasteiger partial charge in [-0.2, -0.15) is 0 Å². The van der Waals surface area contributed by atoms with Crippen LogP contribution in [0.3, 0.4) is 0 Å². The second kappa shape index (κ2) is 4.94. The minimum absolute atomic E-state index is 0.0141. The van der Waals surface area contributed by atoms with Crippen LogP contribution in [0.4, 0.5) is 0 Å². The maximum absolute atomic E-state index is 12.0. The van der Waals surface area contributed by atoms with E-state index in [1.165, 1.54) is 19.3 Å². The molecule has 2 saturated carbocycles. The van der Waals surface area contributed by atoms with E-state index in [0.717, 1.165) is 6.42 Å². The second-order valence-electron chi connectivity index (χ2n) is 5.19. The first-order valence-electron chi connectivity index (χ1n) is 6.44. The maximum atomic E-state index is 12.0. The van der Waals surface area contributed by atoms with Crippen LogP contribution >= 0.6 is 0 Å². The van der Waals surface area contributed by atoms with Crippen LogP contribution < -0.4 is 11.1 Å². The van der Waals surface area contributed by atoms with Crippen LogP contribution in [0.5, 0.6) is 0 Å². The molecule has 2 aliphatic rings. The van der Waals surface area contributed by atoms with E-state index in [9.17, 15) is 4.79 Å². The molecule has 96 valence electrons. The fourth-order valence-electron chi connectivity index (χ4n) is 3.10. The molecular formula is C12H21N3O2. The Morgan fingerprint density at radius 2 is 2.18 bits per heavy atom. The Balaban J connectivity index is 1.80. The van der Waals surface area contributed by atoms with Crippen LogP contribution in [0.1, 0.15) is 39.0 Å². The number of carbonyl (C=O) groups excluding carboxylic acids is 1. The van der Waals surface area contributed by atoms with Gasteiger partial charge in [0.05, 0.1) is 0 Å². The standard InChI is InChI=1S/C12H21N3O2/c1-2-7(6-10(13)15-17)14-12(16)11-8-4-3-5-9(8)11/h7-9,11,17H,2-6H2,1H3,(H2,13,15)(H,14,16). The van der Waals surface area contributed by atoms with Crippen LogP contribution in [-0.2, 0) is 4.79 Å². The molecule has 0 spiro atoms. The van der Waals surface area contributed by atoms with Crippen molar-refractivity contribution in [2.75, 3.05) is 0 Å². The topological polar surface area (TPSA) is 87.7 Å². The number of amides is 1. The number of nitrogens with zero attached hydrogens (tertiary/aromatic N) is 1. The van der Waals surface area contributed by atoms with Crippen molar-refractivity contribution < 1.29 is 10.0 Å². The summed E-state index contributed by atoms with van der Waals surface area (Å²) in [5.74, 6) is 1.85. The third-order valence-electron chi connectivity index (χ3n) is 4.13. The third-order valence-corrected chi connectivity index (χ3v) is 4.13. The molecule has 0 radical (unpaired) electrons. The van der Waals surface area contributed by atoms with Gasteiger partial charge < -0.3 is 16.3 Å². The van der Waals surface area contributed by atoms with Crippen molar-refractivity contribution in [2.45, 2.75) is 45.1 Å². The summed E-state index contributed by atoms with van der Waals surface area (Å²) in [6.45, 7) is 1.99. The molecule has 5 heteroatoms. The quantitative estimate of drug-likeness (QED) is 0.290. The lowest BCUT2D eigenvalue weighted by Gasteiger charge is -2.16. The Labute approximate surface area is 101 Å². The molecule has 2 rings (SSSR count). The lowest BCUT2D eigenvalue weighted by atomic mass is 10.1. The molecule has 3 unspecified atom stereocenters. The molecule has 5 nitrogen and oxygen atoms in total. The van der Waals surface area contributed by atoms with Crippen LogP contribution in [0.2, 0.25) is 0 Å². The zero-order valence-corrected chi connectivity index (χ0v) is 10.2. The number of rotatable bonds is 5. The summed E-state index contributed by atoms with van der Waals surface area (Å²) in [5, 5.41) is 14.5. The molecule has 0 heterocycles. The molecule has 0 aliphatic heterocycles. The second-order valence-corrected chi connectivity index (χ2v) is 5.19. The highest BCUT2D eigenvalue weighted by molar-refractivity contribution is 5.84. The van der Waals surface area contributed by atoms with Crippen LogP contribution in [0, 0.1) is 17.8 Å². The molecule has 0 bridgehead atoms. The molecule has 3 atom stereocenters. The first-order valence-corrected chi connectivity index (χ1v) is 6.44. The number of amidine groups is 1. The molecule has 2 fully saturated rings. The zero-order chi connectivity index (χ0) is 12.4. The third kappa shape index (κ3) is 2.53. The molecule has 0 aromatic heterocycles. The highest BCUT2D eigenvalue weighted by Crippen LogP contribution is 2.57. The van der Waals surface area contributed by atoms with Gasteiger partial charge in [0.25, 0.3) is 0 Å². The minimum Gasteiger partial charge on any atom is -0.409 e. The Kier molecular flexibility index (Phi) is 3.54. The largest absolute Gasteiger partial charge is 0.409 e. The van der Waals surface area contributed by atoms with Crippen LogP contribution in [0.15, 0.2) is 5.16 Å². The highest BCUT2D eigenvalue weighted by atomic mass is 16.4. The minimum atomic E-state index is -0.0141. The Hall–Kier alpha value is -1.26. The average Bonchev–Trinajstić information content (AvgIpc) is 2.82. The Morgan fingerprint density at radius 1 is 1.53 bits per heavy atom. The number of hydrogen-bond acceptors (Lipinski definition) is 3. The first kappa shape index (κ1) is 12.2. The Morgan fingerprint density at radius 3 is 2.71 bits per heavy atom. The summed E-state index contributed by atoms with van der Waals surface area (Å²) in [5.41, 5.74) is 5.46. The van der Waals surface area contributed by atoms with E-state index in [1.54, 1.807) is 0 Å². The predicted octanol–water partition coefficient (Wildman–Crippen LogP) is 1.06. The average molecular weight is 239 g/mol. The summed E-state index contributed by atoms with van der Waals surface area (Å²) in [7, 11) is 0. The number of hydrogen-bond donors (Lipinski definition) is 3. The van der Waals surface area contributed by atoms with Gasteiger partial charge >= 0.3 is 0 Å². The van der Waals surface area contributed by atoms with Gasteiger partial charge in [0.15, 0.2) is 0 Å². The number of nitrogens with one attached hydrogen (secondary N) is 1. The summed E-state index contributed by atoms with van der Waals surface area (Å²) in [6, 6.07) is -0.0141. The van der Waals surface area contributed by atoms with Crippen LogP contribution in [-0.4, -0.2) is 23.0 Å². The van der Waals surface area contributed by atoms with Crippen molar-refractivity contribution in [1.82, 2.24) is 5.32 Å². The fourth-order valence-corrected chi connectivity index (χ4v) is 3.10. The van der Waals surface area contributed by atoms with Gasteiger partial charge in [-0.25, -0.2) is 0 Å². The molecule has 1 amide bonds. The van der Waals surface area contributed by atoms with E-state index in [1.807, 2.05) is 6.92 Å². The number of oxime groups is 1. The molecule has 2 aliphatic carbocycles.